The van der Waals surface area contributed by atoms with Gasteiger partial charge in [-0.05, 0) is 32.4 Å². The van der Waals surface area contributed by atoms with E-state index in [1.165, 1.54) is 0 Å². The first kappa shape index (κ1) is 14.1. The molecular formula is C15H19N3O2. The number of hydrogen-bond donors (Lipinski definition) is 2. The zero-order valence-electron chi connectivity index (χ0n) is 11.9. The summed E-state index contributed by atoms with van der Waals surface area (Å²) in [5.41, 5.74) is 1.57. The van der Waals surface area contributed by atoms with Crippen molar-refractivity contribution in [3.05, 3.63) is 36.0 Å². The van der Waals surface area contributed by atoms with Gasteiger partial charge in [0.1, 0.15) is 5.60 Å². The summed E-state index contributed by atoms with van der Waals surface area (Å²) in [6.45, 7) is 5.93. The van der Waals surface area contributed by atoms with Crippen LogP contribution in [0.3, 0.4) is 0 Å². The Hall–Kier alpha value is -2.30. The van der Waals surface area contributed by atoms with Gasteiger partial charge < -0.3 is 10.1 Å². The van der Waals surface area contributed by atoms with E-state index in [9.17, 15) is 4.79 Å². The Morgan fingerprint density at radius 2 is 2.25 bits per heavy atom. The maximum Gasteiger partial charge on any atom is 0.407 e. The molecule has 5 heteroatoms. The molecule has 0 saturated heterocycles. The average Bonchev–Trinajstić information content (AvgIpc) is 2.79. The number of benzene rings is 1. The Balaban J connectivity index is 1.85. The van der Waals surface area contributed by atoms with Crippen molar-refractivity contribution in [2.45, 2.75) is 26.4 Å². The third-order valence-corrected chi connectivity index (χ3v) is 2.54. The van der Waals surface area contributed by atoms with Crippen molar-refractivity contribution in [1.82, 2.24) is 15.5 Å². The largest absolute Gasteiger partial charge is 0.444 e. The number of carbonyl (C=O) groups excluding carboxylic acids is 1. The summed E-state index contributed by atoms with van der Waals surface area (Å²) >= 11 is 0. The molecule has 20 heavy (non-hydrogen) atoms. The van der Waals surface area contributed by atoms with Gasteiger partial charge in [-0.2, -0.15) is 5.10 Å². The lowest BCUT2D eigenvalue weighted by atomic mass is 10.1. The van der Waals surface area contributed by atoms with Gasteiger partial charge in [0, 0.05) is 11.9 Å². The second kappa shape index (κ2) is 5.77. The standard InChI is InChI=1S/C15H19N3O2/c1-15(2,3)20-14(19)16-8-4-5-11-6-7-12-10-17-18-13(12)9-11/h4-7,9-10H,8H2,1-3H3,(H,16,19)(H,17,18). The summed E-state index contributed by atoms with van der Waals surface area (Å²) in [5.74, 6) is 0. The SMILES string of the molecule is CC(C)(C)OC(=O)NCC=Cc1ccc2cn[nH]c2c1. The number of H-pyrrole nitrogens is 1. The van der Waals surface area contributed by atoms with E-state index in [0.717, 1.165) is 16.5 Å². The van der Waals surface area contributed by atoms with Crippen LogP contribution in [0.1, 0.15) is 26.3 Å². The highest BCUT2D eigenvalue weighted by molar-refractivity contribution is 5.80. The predicted molar refractivity (Wildman–Crippen MR) is 79.4 cm³/mol. The molecular weight excluding hydrogens is 254 g/mol. The van der Waals surface area contributed by atoms with Crippen LogP contribution in [0.15, 0.2) is 30.5 Å². The van der Waals surface area contributed by atoms with E-state index >= 15 is 0 Å². The fourth-order valence-corrected chi connectivity index (χ4v) is 1.71. The summed E-state index contributed by atoms with van der Waals surface area (Å²) in [4.78, 5) is 11.4. The van der Waals surface area contributed by atoms with Crippen LogP contribution >= 0.6 is 0 Å². The molecule has 2 rings (SSSR count). The highest BCUT2D eigenvalue weighted by Gasteiger charge is 2.14. The Kier molecular flexibility index (Phi) is 4.08. The first-order chi connectivity index (χ1) is 9.44. The molecule has 0 atom stereocenters. The molecule has 0 aliphatic rings. The first-order valence-corrected chi connectivity index (χ1v) is 6.50. The maximum absolute atomic E-state index is 11.4. The zero-order chi connectivity index (χ0) is 14.6. The van der Waals surface area contributed by atoms with Crippen molar-refractivity contribution >= 4 is 23.1 Å². The van der Waals surface area contributed by atoms with Crippen LogP contribution in [-0.2, 0) is 4.74 Å². The summed E-state index contributed by atoms with van der Waals surface area (Å²) in [6.07, 6.45) is 5.19. The first-order valence-electron chi connectivity index (χ1n) is 6.50. The van der Waals surface area contributed by atoms with E-state index in [2.05, 4.69) is 15.5 Å². The van der Waals surface area contributed by atoms with Gasteiger partial charge in [0.2, 0.25) is 0 Å². The predicted octanol–water partition coefficient (Wildman–Crippen LogP) is 3.10. The Bertz CT molecular complexity index is 623. The van der Waals surface area contributed by atoms with Crippen molar-refractivity contribution < 1.29 is 9.53 Å². The smallest absolute Gasteiger partial charge is 0.407 e. The van der Waals surface area contributed by atoms with Crippen molar-refractivity contribution in [2.24, 2.45) is 0 Å². The topological polar surface area (TPSA) is 67.0 Å². The van der Waals surface area contributed by atoms with Crippen LogP contribution in [0.25, 0.3) is 17.0 Å². The molecule has 0 fully saturated rings. The molecule has 1 aromatic carbocycles. The third kappa shape index (κ3) is 4.12. The van der Waals surface area contributed by atoms with Crippen molar-refractivity contribution in [2.75, 3.05) is 6.54 Å². The number of nitrogens with zero attached hydrogens (tertiary/aromatic N) is 1. The number of carbonyl (C=O) groups is 1. The molecule has 0 aliphatic carbocycles. The van der Waals surface area contributed by atoms with Crippen molar-refractivity contribution in [3.63, 3.8) is 0 Å². The summed E-state index contributed by atoms with van der Waals surface area (Å²) in [6, 6.07) is 6.01. The van der Waals surface area contributed by atoms with Gasteiger partial charge in [-0.1, -0.05) is 24.3 Å². The van der Waals surface area contributed by atoms with Gasteiger partial charge in [0.25, 0.3) is 0 Å². The summed E-state index contributed by atoms with van der Waals surface area (Å²) < 4.78 is 5.14. The van der Waals surface area contributed by atoms with Crippen molar-refractivity contribution in [3.8, 4) is 0 Å². The van der Waals surface area contributed by atoms with Crippen molar-refractivity contribution in [1.29, 1.82) is 0 Å². The average molecular weight is 273 g/mol. The number of nitrogens with one attached hydrogen (secondary N) is 2. The molecule has 5 nitrogen and oxygen atoms in total. The number of amides is 1. The van der Waals surface area contributed by atoms with Crippen LogP contribution in [0, 0.1) is 0 Å². The van der Waals surface area contributed by atoms with E-state index in [1.54, 1.807) is 6.20 Å². The van der Waals surface area contributed by atoms with Gasteiger partial charge in [0.05, 0.1) is 11.7 Å². The summed E-state index contributed by atoms with van der Waals surface area (Å²) in [5, 5.41) is 10.6. The minimum atomic E-state index is -0.473. The minimum absolute atomic E-state index is 0.411. The zero-order valence-corrected chi connectivity index (χ0v) is 11.9. The van der Waals surface area contributed by atoms with E-state index < -0.39 is 11.7 Å². The number of aromatic amines is 1. The molecule has 2 N–H and O–H groups in total. The molecule has 0 spiro atoms. The summed E-state index contributed by atoms with van der Waals surface area (Å²) in [7, 11) is 0. The van der Waals surface area contributed by atoms with Crippen LogP contribution in [0.4, 0.5) is 4.79 Å². The van der Waals surface area contributed by atoms with Gasteiger partial charge in [-0.3, -0.25) is 5.10 Å². The number of alkyl carbamates (subject to hydrolysis) is 1. The molecule has 0 aliphatic heterocycles. The quantitative estimate of drug-likeness (QED) is 0.903. The normalized spacial score (nSPS) is 11.9. The molecule has 1 amide bonds. The highest BCUT2D eigenvalue weighted by Crippen LogP contribution is 2.13. The van der Waals surface area contributed by atoms with Gasteiger partial charge in [-0.25, -0.2) is 4.79 Å². The number of hydrogen-bond acceptors (Lipinski definition) is 3. The lowest BCUT2D eigenvalue weighted by molar-refractivity contribution is 0.0534. The fourth-order valence-electron chi connectivity index (χ4n) is 1.71. The second-order valence-electron chi connectivity index (χ2n) is 5.50. The number of aromatic nitrogens is 2. The van der Waals surface area contributed by atoms with Crippen LogP contribution in [0.5, 0.6) is 0 Å². The Morgan fingerprint density at radius 1 is 1.45 bits per heavy atom. The van der Waals surface area contributed by atoms with E-state index in [4.69, 9.17) is 4.74 Å². The fraction of sp³-hybridized carbons (Fsp3) is 0.333. The molecule has 0 radical (unpaired) electrons. The third-order valence-electron chi connectivity index (χ3n) is 2.54. The van der Waals surface area contributed by atoms with Crippen LogP contribution in [0.2, 0.25) is 0 Å². The van der Waals surface area contributed by atoms with E-state index in [-0.39, 0.29) is 0 Å². The van der Waals surface area contributed by atoms with Gasteiger partial charge in [-0.15, -0.1) is 0 Å². The van der Waals surface area contributed by atoms with E-state index in [0.29, 0.717) is 6.54 Å². The number of fused-ring (bicyclic) bond motifs is 1. The van der Waals surface area contributed by atoms with Crippen LogP contribution in [-0.4, -0.2) is 28.4 Å². The molecule has 1 heterocycles. The number of rotatable bonds is 3. The van der Waals surface area contributed by atoms with Crippen LogP contribution < -0.4 is 5.32 Å². The molecule has 106 valence electrons. The van der Waals surface area contributed by atoms with Gasteiger partial charge >= 0.3 is 6.09 Å². The number of ether oxygens (including phenoxy) is 1. The maximum atomic E-state index is 11.4. The second-order valence-corrected chi connectivity index (χ2v) is 5.50. The molecule has 1 aromatic heterocycles. The molecule has 0 saturated carbocycles. The highest BCUT2D eigenvalue weighted by atomic mass is 16.6. The minimum Gasteiger partial charge on any atom is -0.444 e. The Labute approximate surface area is 118 Å². The molecule has 2 aromatic rings. The molecule has 0 bridgehead atoms. The monoisotopic (exact) mass is 273 g/mol. The molecule has 0 unspecified atom stereocenters. The Morgan fingerprint density at radius 3 is 3.00 bits per heavy atom. The lowest BCUT2D eigenvalue weighted by Gasteiger charge is -2.19. The van der Waals surface area contributed by atoms with E-state index in [1.807, 2.05) is 51.1 Å². The van der Waals surface area contributed by atoms with Gasteiger partial charge in [0.15, 0.2) is 0 Å². The lowest BCUT2D eigenvalue weighted by Crippen LogP contribution is -2.32.